The lowest BCUT2D eigenvalue weighted by Gasteiger charge is -2.35. The van der Waals surface area contributed by atoms with Crippen molar-refractivity contribution in [3.63, 3.8) is 0 Å². The minimum absolute atomic E-state index is 0.197. The zero-order valence-electron chi connectivity index (χ0n) is 17.8. The highest BCUT2D eigenvalue weighted by Gasteiger charge is 2.26. The van der Waals surface area contributed by atoms with Gasteiger partial charge in [0.05, 0.1) is 6.42 Å². The van der Waals surface area contributed by atoms with Crippen molar-refractivity contribution >= 4 is 11.7 Å². The molecule has 1 fully saturated rings. The average molecular weight is 392 g/mol. The van der Waals surface area contributed by atoms with Crippen LogP contribution >= 0.6 is 0 Å². The molecule has 6 heteroatoms. The number of aryl methyl sites for hydroxylation is 3. The molecular weight excluding hydrogens is 362 g/mol. The van der Waals surface area contributed by atoms with Crippen LogP contribution in [0.15, 0.2) is 24.3 Å². The molecule has 1 aliphatic rings. The average Bonchev–Trinajstić information content (AvgIpc) is 3.15. The van der Waals surface area contributed by atoms with Gasteiger partial charge >= 0.3 is 0 Å². The summed E-state index contributed by atoms with van der Waals surface area (Å²) in [6, 6.07) is 8.52. The molecular formula is C23H29N5O. The molecule has 0 N–H and O–H groups in total. The van der Waals surface area contributed by atoms with Gasteiger partial charge in [0.15, 0.2) is 5.82 Å². The fourth-order valence-corrected chi connectivity index (χ4v) is 4.38. The molecule has 1 atom stereocenters. The van der Waals surface area contributed by atoms with Gasteiger partial charge in [0.25, 0.3) is 5.78 Å². The number of benzene rings is 1. The molecule has 1 amide bonds. The van der Waals surface area contributed by atoms with E-state index in [-0.39, 0.29) is 5.91 Å². The summed E-state index contributed by atoms with van der Waals surface area (Å²) in [4.78, 5) is 24.5. The van der Waals surface area contributed by atoms with E-state index < -0.39 is 0 Å². The lowest BCUT2D eigenvalue weighted by atomic mass is 9.98. The van der Waals surface area contributed by atoms with Gasteiger partial charge in [0.2, 0.25) is 5.91 Å². The molecule has 1 saturated heterocycles. The SMILES string of the molecule is CC[C@@H]1CCCCN1C(=O)Cc1c(C)nc2nc(-c3cccc(C)c3)nn2c1C. The third kappa shape index (κ3) is 3.76. The molecule has 4 rings (SSSR count). The van der Waals surface area contributed by atoms with E-state index in [0.29, 0.717) is 24.1 Å². The molecule has 1 aliphatic heterocycles. The number of carbonyl (C=O) groups is 1. The lowest BCUT2D eigenvalue weighted by Crippen LogP contribution is -2.44. The molecule has 1 aromatic carbocycles. The quantitative estimate of drug-likeness (QED) is 0.673. The number of hydrogen-bond donors (Lipinski definition) is 0. The van der Waals surface area contributed by atoms with E-state index in [1.54, 1.807) is 4.52 Å². The Kier molecular flexibility index (Phi) is 5.35. The Hall–Kier alpha value is -2.76. The zero-order chi connectivity index (χ0) is 20.5. The normalized spacial score (nSPS) is 17.1. The number of nitrogens with zero attached hydrogens (tertiary/aromatic N) is 5. The van der Waals surface area contributed by atoms with E-state index in [4.69, 9.17) is 5.10 Å². The smallest absolute Gasteiger partial charge is 0.253 e. The van der Waals surface area contributed by atoms with Crippen molar-refractivity contribution in [1.82, 2.24) is 24.5 Å². The van der Waals surface area contributed by atoms with Crippen molar-refractivity contribution in [3.05, 3.63) is 46.8 Å². The molecule has 2 aromatic heterocycles. The first-order valence-electron chi connectivity index (χ1n) is 10.6. The maximum Gasteiger partial charge on any atom is 0.253 e. The van der Waals surface area contributed by atoms with Crippen molar-refractivity contribution in [2.45, 2.75) is 65.8 Å². The van der Waals surface area contributed by atoms with Crippen LogP contribution in [0.4, 0.5) is 0 Å². The third-order valence-corrected chi connectivity index (χ3v) is 6.07. The van der Waals surface area contributed by atoms with Gasteiger partial charge in [-0.15, -0.1) is 5.10 Å². The number of rotatable bonds is 4. The van der Waals surface area contributed by atoms with Crippen LogP contribution in [0.1, 0.15) is 55.1 Å². The van der Waals surface area contributed by atoms with Crippen LogP contribution in [-0.4, -0.2) is 43.0 Å². The molecule has 29 heavy (non-hydrogen) atoms. The van der Waals surface area contributed by atoms with Gasteiger partial charge in [0.1, 0.15) is 0 Å². The van der Waals surface area contributed by atoms with Gasteiger partial charge in [0, 0.05) is 35.1 Å². The van der Waals surface area contributed by atoms with Gasteiger partial charge in [-0.05, 0) is 52.5 Å². The van der Waals surface area contributed by atoms with Crippen LogP contribution in [0.2, 0.25) is 0 Å². The Morgan fingerprint density at radius 3 is 2.76 bits per heavy atom. The van der Waals surface area contributed by atoms with E-state index in [1.165, 1.54) is 12.0 Å². The van der Waals surface area contributed by atoms with E-state index in [0.717, 1.165) is 48.3 Å². The molecule has 0 saturated carbocycles. The highest BCUT2D eigenvalue weighted by molar-refractivity contribution is 5.80. The Bertz CT molecular complexity index is 1050. The molecule has 0 radical (unpaired) electrons. The fraction of sp³-hybridized carbons (Fsp3) is 0.478. The van der Waals surface area contributed by atoms with Crippen molar-refractivity contribution in [2.75, 3.05) is 6.54 Å². The summed E-state index contributed by atoms with van der Waals surface area (Å²) in [7, 11) is 0. The maximum atomic E-state index is 13.1. The summed E-state index contributed by atoms with van der Waals surface area (Å²) in [6.45, 7) is 9.06. The summed E-state index contributed by atoms with van der Waals surface area (Å²) < 4.78 is 1.78. The number of piperidine rings is 1. The topological polar surface area (TPSA) is 63.4 Å². The molecule has 6 nitrogen and oxygen atoms in total. The van der Waals surface area contributed by atoms with Crippen LogP contribution < -0.4 is 0 Å². The molecule has 0 spiro atoms. The largest absolute Gasteiger partial charge is 0.339 e. The summed E-state index contributed by atoms with van der Waals surface area (Å²) in [5.41, 5.74) is 4.90. The Labute approximate surface area is 172 Å². The highest BCUT2D eigenvalue weighted by atomic mass is 16.2. The van der Waals surface area contributed by atoms with Crippen LogP contribution in [0.25, 0.3) is 17.2 Å². The first-order chi connectivity index (χ1) is 14.0. The van der Waals surface area contributed by atoms with Crippen molar-refractivity contribution in [1.29, 1.82) is 0 Å². The van der Waals surface area contributed by atoms with E-state index >= 15 is 0 Å². The first-order valence-corrected chi connectivity index (χ1v) is 10.6. The predicted octanol–water partition coefficient (Wildman–Crippen LogP) is 4.05. The number of aromatic nitrogens is 4. The van der Waals surface area contributed by atoms with E-state index in [9.17, 15) is 4.79 Å². The highest BCUT2D eigenvalue weighted by Crippen LogP contribution is 2.23. The van der Waals surface area contributed by atoms with Gasteiger partial charge in [-0.25, -0.2) is 9.50 Å². The minimum atomic E-state index is 0.197. The van der Waals surface area contributed by atoms with E-state index in [1.807, 2.05) is 26.0 Å². The molecule has 0 bridgehead atoms. The van der Waals surface area contributed by atoms with Crippen molar-refractivity contribution < 1.29 is 4.79 Å². The zero-order valence-corrected chi connectivity index (χ0v) is 17.8. The second kappa shape index (κ2) is 7.93. The second-order valence-electron chi connectivity index (χ2n) is 8.10. The first kappa shape index (κ1) is 19.6. The van der Waals surface area contributed by atoms with Crippen LogP contribution in [0.5, 0.6) is 0 Å². The lowest BCUT2D eigenvalue weighted by molar-refractivity contribution is -0.134. The van der Waals surface area contributed by atoms with Gasteiger partial charge < -0.3 is 4.90 Å². The van der Waals surface area contributed by atoms with Crippen LogP contribution in [-0.2, 0) is 11.2 Å². The number of hydrogen-bond acceptors (Lipinski definition) is 4. The summed E-state index contributed by atoms with van der Waals surface area (Å²) in [5, 5.41) is 4.69. The van der Waals surface area contributed by atoms with Crippen LogP contribution in [0, 0.1) is 20.8 Å². The maximum absolute atomic E-state index is 13.1. The second-order valence-corrected chi connectivity index (χ2v) is 8.10. The number of amides is 1. The predicted molar refractivity (Wildman–Crippen MR) is 114 cm³/mol. The van der Waals surface area contributed by atoms with Crippen LogP contribution in [0.3, 0.4) is 0 Å². The number of fused-ring (bicyclic) bond motifs is 1. The minimum Gasteiger partial charge on any atom is -0.339 e. The summed E-state index contributed by atoms with van der Waals surface area (Å²) in [5.74, 6) is 1.44. The summed E-state index contributed by atoms with van der Waals surface area (Å²) >= 11 is 0. The fourth-order valence-electron chi connectivity index (χ4n) is 4.38. The van der Waals surface area contributed by atoms with Crippen molar-refractivity contribution in [3.8, 4) is 11.4 Å². The molecule has 3 aromatic rings. The summed E-state index contributed by atoms with van der Waals surface area (Å²) in [6.07, 6.45) is 4.82. The van der Waals surface area contributed by atoms with Gasteiger partial charge in [-0.3, -0.25) is 4.79 Å². The Balaban J connectivity index is 1.67. The molecule has 3 heterocycles. The Morgan fingerprint density at radius 2 is 2.00 bits per heavy atom. The standard InChI is InChI=1S/C23H29N5O/c1-5-19-11-6-7-12-27(19)21(29)14-20-16(3)24-23-25-22(26-28(23)17(20)4)18-10-8-9-15(2)13-18/h8-10,13,19H,5-7,11-12,14H2,1-4H3/t19-/m1/s1. The number of likely N-dealkylation sites (tertiary alicyclic amines) is 1. The third-order valence-electron chi connectivity index (χ3n) is 6.07. The number of carbonyl (C=O) groups excluding carboxylic acids is 1. The van der Waals surface area contributed by atoms with Gasteiger partial charge in [-0.1, -0.05) is 30.7 Å². The van der Waals surface area contributed by atoms with Gasteiger partial charge in [-0.2, -0.15) is 4.98 Å². The van der Waals surface area contributed by atoms with E-state index in [2.05, 4.69) is 40.8 Å². The molecule has 0 unspecified atom stereocenters. The molecule has 152 valence electrons. The van der Waals surface area contributed by atoms with Crippen molar-refractivity contribution in [2.24, 2.45) is 0 Å². The Morgan fingerprint density at radius 1 is 1.17 bits per heavy atom. The molecule has 0 aliphatic carbocycles. The monoisotopic (exact) mass is 391 g/mol.